The zero-order chi connectivity index (χ0) is 14.4. The molecule has 2 radical (unpaired) electrons. The van der Waals surface area contributed by atoms with Gasteiger partial charge in [-0.05, 0) is 36.7 Å². The van der Waals surface area contributed by atoms with Crippen LogP contribution in [0.15, 0.2) is 12.1 Å². The molecule has 0 bridgehead atoms. The Morgan fingerprint density at radius 1 is 1.35 bits per heavy atom. The fourth-order valence-electron chi connectivity index (χ4n) is 2.06. The number of rotatable bonds is 6. The summed E-state index contributed by atoms with van der Waals surface area (Å²) in [5.74, 6) is 0.842. The van der Waals surface area contributed by atoms with E-state index in [1.807, 2.05) is 12.1 Å². The highest BCUT2D eigenvalue weighted by Gasteiger charge is 2.13. The van der Waals surface area contributed by atoms with E-state index in [0.717, 1.165) is 31.6 Å². The second kappa shape index (κ2) is 7.65. The van der Waals surface area contributed by atoms with Crippen LogP contribution < -0.4 is 10.2 Å². The topological polar surface area (TPSA) is 40.6 Å². The highest BCUT2D eigenvalue weighted by Crippen LogP contribution is 2.15. The first kappa shape index (κ1) is 15.3. The summed E-state index contributed by atoms with van der Waals surface area (Å²) in [5, 5.41) is 0. The summed E-state index contributed by atoms with van der Waals surface area (Å²) in [6.07, 6.45) is 3.16. The lowest BCUT2D eigenvalue weighted by Crippen LogP contribution is -2.25. The van der Waals surface area contributed by atoms with Gasteiger partial charge in [-0.2, -0.15) is 0 Å². The molecule has 0 aromatic carbocycles. The van der Waals surface area contributed by atoms with Gasteiger partial charge in [0, 0.05) is 12.3 Å². The van der Waals surface area contributed by atoms with E-state index in [1.54, 1.807) is 0 Å². The van der Waals surface area contributed by atoms with Crippen molar-refractivity contribution in [3.05, 3.63) is 17.8 Å². The first-order chi connectivity index (χ1) is 9.66. The van der Waals surface area contributed by atoms with Crippen LogP contribution in [0.4, 0.5) is 0 Å². The minimum Gasteiger partial charge on any atom is -0.476 e. The minimum atomic E-state index is -0.0837. The van der Waals surface area contributed by atoms with Crippen LogP contribution in [0, 0.1) is 0 Å². The molecule has 0 amide bonds. The van der Waals surface area contributed by atoms with Gasteiger partial charge in [0.1, 0.15) is 14.5 Å². The molecule has 0 spiro atoms. The van der Waals surface area contributed by atoms with E-state index >= 15 is 0 Å². The van der Waals surface area contributed by atoms with Gasteiger partial charge in [0.2, 0.25) is 5.88 Å². The molecule has 0 saturated carbocycles. The van der Waals surface area contributed by atoms with Gasteiger partial charge in [0.05, 0.1) is 6.61 Å². The molecule has 2 heterocycles. The van der Waals surface area contributed by atoms with Crippen molar-refractivity contribution in [1.82, 2.24) is 4.98 Å². The molecule has 1 aliphatic heterocycles. The normalized spacial score (nSPS) is 19.2. The Balaban J connectivity index is 1.77. The van der Waals surface area contributed by atoms with Crippen LogP contribution in [-0.4, -0.2) is 38.9 Å². The van der Waals surface area contributed by atoms with Crippen LogP contribution in [0.1, 0.15) is 44.7 Å². The van der Waals surface area contributed by atoms with Crippen LogP contribution in [-0.2, 0) is 9.47 Å². The van der Waals surface area contributed by atoms with Crippen LogP contribution in [0.5, 0.6) is 5.88 Å². The Hall–Kier alpha value is -1.07. The Morgan fingerprint density at radius 2 is 2.20 bits per heavy atom. The van der Waals surface area contributed by atoms with Crippen LogP contribution in [0.25, 0.3) is 0 Å². The quantitative estimate of drug-likeness (QED) is 0.587. The molecule has 1 aromatic heterocycles. The summed E-state index contributed by atoms with van der Waals surface area (Å²) in [5.41, 5.74) is 1.54. The van der Waals surface area contributed by atoms with E-state index < -0.39 is 0 Å². The van der Waals surface area contributed by atoms with Crippen molar-refractivity contribution in [1.29, 1.82) is 0 Å². The Labute approximate surface area is 122 Å². The summed E-state index contributed by atoms with van der Waals surface area (Å²) in [6, 6.07) is 3.77. The minimum absolute atomic E-state index is 0.0837. The molecule has 0 aliphatic carbocycles. The third-order valence-electron chi connectivity index (χ3n) is 3.27. The van der Waals surface area contributed by atoms with Gasteiger partial charge in [-0.1, -0.05) is 19.9 Å². The molecule has 2 rings (SSSR count). The van der Waals surface area contributed by atoms with E-state index in [1.165, 1.54) is 0 Å². The third-order valence-corrected chi connectivity index (χ3v) is 3.27. The van der Waals surface area contributed by atoms with E-state index in [0.29, 0.717) is 30.5 Å². The summed E-state index contributed by atoms with van der Waals surface area (Å²) < 4.78 is 16.7. The van der Waals surface area contributed by atoms with E-state index in [-0.39, 0.29) is 6.29 Å². The summed E-state index contributed by atoms with van der Waals surface area (Å²) in [6.45, 7) is 5.88. The second-order valence-electron chi connectivity index (χ2n) is 5.30. The van der Waals surface area contributed by atoms with Crippen molar-refractivity contribution in [2.24, 2.45) is 0 Å². The lowest BCUT2D eigenvalue weighted by molar-refractivity contribution is -0.165. The summed E-state index contributed by atoms with van der Waals surface area (Å²) in [4.78, 5) is 4.42. The fraction of sp³-hybridized carbons (Fsp3) is 0.667. The van der Waals surface area contributed by atoms with Crippen LogP contribution in [0.3, 0.4) is 0 Å². The summed E-state index contributed by atoms with van der Waals surface area (Å²) >= 11 is 0. The molecule has 1 atom stereocenters. The maximum Gasteiger partial charge on any atom is 0.206 e. The van der Waals surface area contributed by atoms with Gasteiger partial charge in [0.25, 0.3) is 0 Å². The number of hydrogen-bond acceptors (Lipinski definition) is 4. The number of ether oxygens (including phenoxy) is 3. The van der Waals surface area contributed by atoms with Crippen molar-refractivity contribution in [3.8, 4) is 5.88 Å². The summed E-state index contributed by atoms with van der Waals surface area (Å²) in [7, 11) is 5.86. The number of pyridine rings is 1. The monoisotopic (exact) mass is 275 g/mol. The van der Waals surface area contributed by atoms with Crippen molar-refractivity contribution in [2.45, 2.75) is 45.3 Å². The maximum absolute atomic E-state index is 5.86. The lowest BCUT2D eigenvalue weighted by atomic mass is 9.96. The molecular formula is C15H22BNO3. The Morgan fingerprint density at radius 3 is 2.90 bits per heavy atom. The average Bonchev–Trinajstić information content (AvgIpc) is 2.46. The molecule has 5 heteroatoms. The van der Waals surface area contributed by atoms with Crippen molar-refractivity contribution >= 4 is 13.3 Å². The first-order valence-corrected chi connectivity index (χ1v) is 7.29. The molecule has 0 N–H and O–H groups in total. The third kappa shape index (κ3) is 4.49. The average molecular weight is 275 g/mol. The SMILES string of the molecule is [B]c1ccc(C(C)C)nc1OCCOC1CCCCO1. The van der Waals surface area contributed by atoms with E-state index in [4.69, 9.17) is 22.1 Å². The second-order valence-corrected chi connectivity index (χ2v) is 5.30. The number of hydrogen-bond donors (Lipinski definition) is 0. The van der Waals surface area contributed by atoms with Gasteiger partial charge < -0.3 is 14.2 Å². The molecule has 20 heavy (non-hydrogen) atoms. The zero-order valence-corrected chi connectivity index (χ0v) is 12.3. The van der Waals surface area contributed by atoms with Gasteiger partial charge in [-0.3, -0.25) is 0 Å². The Kier molecular flexibility index (Phi) is 5.86. The number of nitrogens with zero attached hydrogens (tertiary/aromatic N) is 1. The van der Waals surface area contributed by atoms with Gasteiger partial charge in [0.15, 0.2) is 6.29 Å². The maximum atomic E-state index is 5.86. The molecule has 108 valence electrons. The van der Waals surface area contributed by atoms with Gasteiger partial charge in [-0.15, -0.1) is 0 Å². The highest BCUT2D eigenvalue weighted by atomic mass is 16.7. The van der Waals surface area contributed by atoms with Crippen LogP contribution in [0.2, 0.25) is 0 Å². The Bertz CT molecular complexity index is 420. The standard InChI is InChI=1S/C15H22BNO3/c1-11(2)13-7-6-12(16)15(17-13)20-10-9-19-14-5-3-4-8-18-14/h6-7,11,14H,3-5,8-10H2,1-2H3. The van der Waals surface area contributed by atoms with E-state index in [2.05, 4.69) is 18.8 Å². The van der Waals surface area contributed by atoms with Crippen molar-refractivity contribution < 1.29 is 14.2 Å². The molecule has 4 nitrogen and oxygen atoms in total. The smallest absolute Gasteiger partial charge is 0.206 e. The van der Waals surface area contributed by atoms with E-state index in [9.17, 15) is 0 Å². The zero-order valence-electron chi connectivity index (χ0n) is 12.3. The van der Waals surface area contributed by atoms with Crippen molar-refractivity contribution in [2.75, 3.05) is 19.8 Å². The van der Waals surface area contributed by atoms with Gasteiger partial charge in [-0.25, -0.2) is 4.98 Å². The van der Waals surface area contributed by atoms with Crippen LogP contribution >= 0.6 is 0 Å². The lowest BCUT2D eigenvalue weighted by Gasteiger charge is -2.22. The molecular weight excluding hydrogens is 253 g/mol. The molecule has 1 fully saturated rings. The number of aromatic nitrogens is 1. The molecule has 1 saturated heterocycles. The fourth-order valence-corrected chi connectivity index (χ4v) is 2.06. The highest BCUT2D eigenvalue weighted by molar-refractivity contribution is 6.33. The molecule has 1 aliphatic rings. The molecule has 1 unspecified atom stereocenters. The predicted octanol–water partition coefficient (Wildman–Crippen LogP) is 1.92. The predicted molar refractivity (Wildman–Crippen MR) is 78.8 cm³/mol. The largest absolute Gasteiger partial charge is 0.476 e. The van der Waals surface area contributed by atoms with Gasteiger partial charge >= 0.3 is 0 Å². The molecule has 1 aromatic rings. The first-order valence-electron chi connectivity index (χ1n) is 7.29. The van der Waals surface area contributed by atoms with Crippen molar-refractivity contribution in [3.63, 3.8) is 0 Å².